The molecule has 0 amide bonds. The minimum atomic E-state index is -4.88. The zero-order valence-corrected chi connectivity index (χ0v) is 17.1. The van der Waals surface area contributed by atoms with Crippen molar-refractivity contribution in [3.63, 3.8) is 0 Å². The number of anilines is 1. The monoisotopic (exact) mass is 431 g/mol. The van der Waals surface area contributed by atoms with Crippen LogP contribution >= 0.6 is 0 Å². The molecule has 2 aromatic heterocycles. The summed E-state index contributed by atoms with van der Waals surface area (Å²) < 4.78 is 45.0. The number of alkyl halides is 3. The Balaban J connectivity index is 1.77. The minimum absolute atomic E-state index is 0.105. The lowest BCUT2D eigenvalue weighted by Gasteiger charge is -2.36. The highest BCUT2D eigenvalue weighted by atomic mass is 19.4. The third kappa shape index (κ3) is 3.97. The minimum Gasteiger partial charge on any atom is -0.404 e. The van der Waals surface area contributed by atoms with E-state index >= 15 is 0 Å². The summed E-state index contributed by atoms with van der Waals surface area (Å²) in [6, 6.07) is 7.41. The first kappa shape index (κ1) is 20.8. The maximum Gasteiger partial charge on any atom is 0.573 e. The maximum absolute atomic E-state index is 13.0. The average Bonchev–Trinajstić information content (AvgIpc) is 3.12. The normalized spacial score (nSPS) is 16.2. The molecule has 31 heavy (non-hydrogen) atoms. The topological polar surface area (TPSA) is 73.1 Å². The number of aryl methyl sites for hydroxylation is 1. The molecule has 1 atom stereocenters. The van der Waals surface area contributed by atoms with Crippen molar-refractivity contribution in [2.24, 2.45) is 0 Å². The van der Waals surface area contributed by atoms with Gasteiger partial charge in [-0.25, -0.2) is 4.98 Å². The molecule has 0 radical (unpaired) electrons. The van der Waals surface area contributed by atoms with Gasteiger partial charge in [-0.15, -0.1) is 18.3 Å². The first-order valence-corrected chi connectivity index (χ1v) is 9.69. The van der Waals surface area contributed by atoms with Crippen LogP contribution in [0.3, 0.4) is 0 Å². The number of pyridine rings is 1. The standard InChI is InChI=1S/C21H20F3N5O2/c1-12-7-9-25-18(11-12)29-16-8-10-28(13(2)19(16)26-27-29)20-15(14(3)30)5-4-6-17(20)31-21(22,23)24/h4-7,9,11,13H,8,10H2,1-3H3. The van der Waals surface area contributed by atoms with E-state index in [-0.39, 0.29) is 17.0 Å². The molecule has 3 aromatic rings. The number of fused-ring (bicyclic) bond motifs is 1. The molecule has 0 spiro atoms. The quantitative estimate of drug-likeness (QED) is 0.577. The lowest BCUT2D eigenvalue weighted by atomic mass is 9.99. The van der Waals surface area contributed by atoms with Crippen LogP contribution in [0.15, 0.2) is 36.5 Å². The van der Waals surface area contributed by atoms with Crippen molar-refractivity contribution < 1.29 is 22.7 Å². The Morgan fingerprint density at radius 3 is 2.71 bits per heavy atom. The predicted octanol–water partition coefficient (Wildman–Crippen LogP) is 4.20. The molecule has 10 heteroatoms. The van der Waals surface area contributed by atoms with Crippen molar-refractivity contribution in [1.29, 1.82) is 0 Å². The van der Waals surface area contributed by atoms with E-state index in [0.717, 1.165) is 11.3 Å². The van der Waals surface area contributed by atoms with Crippen molar-refractivity contribution in [3.05, 3.63) is 59.0 Å². The number of para-hydroxylation sites is 1. The number of rotatable bonds is 4. The number of aromatic nitrogens is 4. The summed E-state index contributed by atoms with van der Waals surface area (Å²) in [7, 11) is 0. The van der Waals surface area contributed by atoms with E-state index in [1.165, 1.54) is 25.1 Å². The van der Waals surface area contributed by atoms with Gasteiger partial charge in [-0.3, -0.25) is 4.79 Å². The van der Waals surface area contributed by atoms with Crippen molar-refractivity contribution in [1.82, 2.24) is 20.0 Å². The molecular weight excluding hydrogens is 411 g/mol. The van der Waals surface area contributed by atoms with Gasteiger partial charge in [-0.1, -0.05) is 11.3 Å². The molecule has 4 rings (SSSR count). The molecule has 7 nitrogen and oxygen atoms in total. The van der Waals surface area contributed by atoms with Crippen molar-refractivity contribution >= 4 is 11.5 Å². The van der Waals surface area contributed by atoms with Gasteiger partial charge < -0.3 is 9.64 Å². The van der Waals surface area contributed by atoms with Crippen LogP contribution in [-0.4, -0.2) is 38.7 Å². The fourth-order valence-corrected chi connectivity index (χ4v) is 3.87. The number of hydrogen-bond acceptors (Lipinski definition) is 6. The fraction of sp³-hybridized carbons (Fsp3) is 0.333. The second-order valence-corrected chi connectivity index (χ2v) is 7.40. The summed E-state index contributed by atoms with van der Waals surface area (Å²) in [5.41, 5.74) is 2.73. The molecular formula is C21H20F3N5O2. The van der Waals surface area contributed by atoms with Crippen molar-refractivity contribution in [2.75, 3.05) is 11.4 Å². The second-order valence-electron chi connectivity index (χ2n) is 7.40. The molecule has 1 aliphatic rings. The Kier molecular flexibility index (Phi) is 5.16. The second kappa shape index (κ2) is 7.68. The summed E-state index contributed by atoms with van der Waals surface area (Å²) in [5.74, 6) is -0.142. The molecule has 0 saturated carbocycles. The molecule has 1 unspecified atom stereocenters. The van der Waals surface area contributed by atoms with E-state index < -0.39 is 18.2 Å². The Bertz CT molecular complexity index is 1140. The molecule has 0 N–H and O–H groups in total. The predicted molar refractivity (Wildman–Crippen MR) is 106 cm³/mol. The Hall–Kier alpha value is -3.43. The summed E-state index contributed by atoms with van der Waals surface area (Å²) in [4.78, 5) is 18.2. The van der Waals surface area contributed by atoms with Crippen molar-refractivity contribution in [3.8, 4) is 11.6 Å². The maximum atomic E-state index is 13.0. The highest BCUT2D eigenvalue weighted by Crippen LogP contribution is 2.42. The van der Waals surface area contributed by atoms with Gasteiger partial charge >= 0.3 is 6.36 Å². The number of ether oxygens (including phenoxy) is 1. The Labute approximate surface area is 176 Å². The van der Waals surface area contributed by atoms with Crippen LogP contribution in [0.1, 0.15) is 47.2 Å². The average molecular weight is 431 g/mol. The van der Waals surface area contributed by atoms with Gasteiger partial charge in [-0.05, 0) is 50.6 Å². The molecule has 0 fully saturated rings. The van der Waals surface area contributed by atoms with E-state index in [9.17, 15) is 18.0 Å². The fourth-order valence-electron chi connectivity index (χ4n) is 3.87. The molecule has 0 aliphatic carbocycles. The summed E-state index contributed by atoms with van der Waals surface area (Å²) >= 11 is 0. The van der Waals surface area contributed by atoms with E-state index in [1.54, 1.807) is 15.8 Å². The number of benzene rings is 1. The molecule has 0 bridgehead atoms. The highest BCUT2D eigenvalue weighted by molar-refractivity contribution is 6.01. The van der Waals surface area contributed by atoms with Gasteiger partial charge in [0.15, 0.2) is 17.4 Å². The molecule has 3 heterocycles. The van der Waals surface area contributed by atoms with Crippen LogP contribution in [-0.2, 0) is 6.42 Å². The largest absolute Gasteiger partial charge is 0.573 e. The van der Waals surface area contributed by atoms with Crippen LogP contribution < -0.4 is 9.64 Å². The first-order valence-electron chi connectivity index (χ1n) is 9.69. The smallest absolute Gasteiger partial charge is 0.404 e. The van der Waals surface area contributed by atoms with Gasteiger partial charge in [0.25, 0.3) is 0 Å². The lowest BCUT2D eigenvalue weighted by molar-refractivity contribution is -0.274. The highest BCUT2D eigenvalue weighted by Gasteiger charge is 2.37. The molecule has 1 aromatic carbocycles. The number of nitrogens with zero attached hydrogens (tertiary/aromatic N) is 5. The number of hydrogen-bond donors (Lipinski definition) is 0. The van der Waals surface area contributed by atoms with E-state index in [4.69, 9.17) is 0 Å². The number of Topliss-reactive ketones (excluding diaryl/α,β-unsaturated/α-hetero) is 1. The Morgan fingerprint density at radius 2 is 2.03 bits per heavy atom. The van der Waals surface area contributed by atoms with Gasteiger partial charge in [0.1, 0.15) is 5.69 Å². The Morgan fingerprint density at radius 1 is 1.26 bits per heavy atom. The molecule has 0 saturated heterocycles. The van der Waals surface area contributed by atoms with Crippen LogP contribution in [0, 0.1) is 6.92 Å². The van der Waals surface area contributed by atoms with Crippen LogP contribution in [0.25, 0.3) is 5.82 Å². The number of ketones is 1. The van der Waals surface area contributed by atoms with Gasteiger partial charge in [0.2, 0.25) is 0 Å². The van der Waals surface area contributed by atoms with Gasteiger partial charge in [0, 0.05) is 24.7 Å². The van der Waals surface area contributed by atoms with E-state index in [0.29, 0.717) is 24.5 Å². The van der Waals surface area contributed by atoms with Gasteiger partial charge in [-0.2, -0.15) is 4.68 Å². The van der Waals surface area contributed by atoms with E-state index in [2.05, 4.69) is 20.0 Å². The SMILES string of the molecule is CC(=O)c1cccc(OC(F)(F)F)c1N1CCc2c(nnn2-c2cc(C)ccn2)C1C. The zero-order valence-electron chi connectivity index (χ0n) is 17.1. The number of halogens is 3. The molecule has 162 valence electrons. The summed E-state index contributed by atoms with van der Waals surface area (Å²) in [6.45, 7) is 5.43. The third-order valence-corrected chi connectivity index (χ3v) is 5.26. The van der Waals surface area contributed by atoms with Gasteiger partial charge in [0.05, 0.1) is 17.4 Å². The van der Waals surface area contributed by atoms with Crippen LogP contribution in [0.2, 0.25) is 0 Å². The van der Waals surface area contributed by atoms with Crippen molar-refractivity contribution in [2.45, 2.75) is 39.6 Å². The number of carbonyl (C=O) groups is 1. The lowest BCUT2D eigenvalue weighted by Crippen LogP contribution is -2.36. The summed E-state index contributed by atoms with van der Waals surface area (Å²) in [6.07, 6.45) is -2.74. The van der Waals surface area contributed by atoms with Crippen LogP contribution in [0.4, 0.5) is 18.9 Å². The zero-order chi connectivity index (χ0) is 22.3. The first-order chi connectivity index (χ1) is 14.7. The third-order valence-electron chi connectivity index (χ3n) is 5.26. The molecule has 1 aliphatic heterocycles. The van der Waals surface area contributed by atoms with Crippen LogP contribution in [0.5, 0.6) is 5.75 Å². The summed E-state index contributed by atoms with van der Waals surface area (Å²) in [5, 5.41) is 8.51. The van der Waals surface area contributed by atoms with E-state index in [1.807, 2.05) is 26.0 Å². The number of carbonyl (C=O) groups excluding carboxylic acids is 1.